The molecule has 6 nitrogen and oxygen atoms in total. The highest BCUT2D eigenvalue weighted by molar-refractivity contribution is 6.28. The first kappa shape index (κ1) is 14.2. The van der Waals surface area contributed by atoms with Crippen LogP contribution in [0.25, 0.3) is 53.3 Å². The van der Waals surface area contributed by atoms with Crippen LogP contribution in [0.15, 0.2) is 48.8 Å². The first-order valence-electron chi connectivity index (χ1n) is 7.82. The molecule has 0 aliphatic carbocycles. The van der Waals surface area contributed by atoms with E-state index in [4.69, 9.17) is 13.1 Å². The van der Waals surface area contributed by atoms with Crippen molar-refractivity contribution in [1.29, 1.82) is 0 Å². The predicted octanol–water partition coefficient (Wildman–Crippen LogP) is 4.98. The molecular weight excluding hydrogens is 324 g/mol. The zero-order valence-corrected chi connectivity index (χ0v) is 13.3. The molecule has 26 heavy (non-hydrogen) atoms. The van der Waals surface area contributed by atoms with Gasteiger partial charge in [-0.15, -0.1) is 9.97 Å². The Hall–Kier alpha value is -4.16. The molecule has 0 atom stereocenters. The summed E-state index contributed by atoms with van der Waals surface area (Å²) in [5.41, 5.74) is 2.36. The molecule has 0 spiro atoms. The zero-order valence-electron chi connectivity index (χ0n) is 13.3. The third-order valence-corrected chi connectivity index (χ3v) is 4.42. The molecule has 5 rings (SSSR count). The number of hydrogen-bond acceptors (Lipinski definition) is 4. The van der Waals surface area contributed by atoms with E-state index in [1.165, 1.54) is 0 Å². The van der Waals surface area contributed by atoms with Crippen molar-refractivity contribution in [2.75, 3.05) is 0 Å². The van der Waals surface area contributed by atoms with Crippen molar-refractivity contribution in [3.05, 3.63) is 71.6 Å². The number of nitrogens with zero attached hydrogens (tertiary/aromatic N) is 6. The van der Waals surface area contributed by atoms with Gasteiger partial charge < -0.3 is 9.69 Å². The summed E-state index contributed by atoms with van der Waals surface area (Å²) in [6, 6.07) is 12.0. The van der Waals surface area contributed by atoms with Crippen LogP contribution in [-0.4, -0.2) is 19.9 Å². The highest BCUT2D eigenvalue weighted by Crippen LogP contribution is 2.38. The molecule has 5 aromatic rings. The molecule has 0 saturated carbocycles. The Labute approximate surface area is 147 Å². The highest BCUT2D eigenvalue weighted by Gasteiger charge is 2.22. The van der Waals surface area contributed by atoms with Crippen molar-refractivity contribution in [3.8, 4) is 0 Å². The summed E-state index contributed by atoms with van der Waals surface area (Å²) in [6.07, 6.45) is 3.24. The predicted molar refractivity (Wildman–Crippen MR) is 100 cm³/mol. The van der Waals surface area contributed by atoms with Gasteiger partial charge in [-0.2, -0.15) is 0 Å². The molecule has 0 aliphatic heterocycles. The van der Waals surface area contributed by atoms with Gasteiger partial charge in [0.1, 0.15) is 11.0 Å². The van der Waals surface area contributed by atoms with Gasteiger partial charge in [-0.1, -0.05) is 43.5 Å². The number of hydrogen-bond donors (Lipinski definition) is 0. The van der Waals surface area contributed by atoms with Crippen LogP contribution in [-0.2, 0) is 0 Å². The number of fused-ring (bicyclic) bond motifs is 8. The van der Waals surface area contributed by atoms with Gasteiger partial charge in [-0.05, 0) is 16.8 Å². The van der Waals surface area contributed by atoms with Crippen molar-refractivity contribution >= 4 is 55.2 Å². The quantitative estimate of drug-likeness (QED) is 0.296. The van der Waals surface area contributed by atoms with E-state index in [9.17, 15) is 0 Å². The van der Waals surface area contributed by atoms with E-state index in [2.05, 4.69) is 29.6 Å². The highest BCUT2D eigenvalue weighted by atomic mass is 15.0. The Morgan fingerprint density at radius 3 is 2.12 bits per heavy atom. The van der Waals surface area contributed by atoms with E-state index in [1.54, 1.807) is 12.4 Å². The molecule has 6 heteroatoms. The minimum absolute atomic E-state index is 0.00481. The molecule has 2 aromatic heterocycles. The smallest absolute Gasteiger partial charge is 0.294 e. The molecule has 2 heterocycles. The van der Waals surface area contributed by atoms with Crippen molar-refractivity contribution < 1.29 is 0 Å². The van der Waals surface area contributed by atoms with E-state index < -0.39 is 0 Å². The maximum Gasteiger partial charge on any atom is 0.294 e. The zero-order chi connectivity index (χ0) is 17.7. The van der Waals surface area contributed by atoms with Gasteiger partial charge >= 0.3 is 0 Å². The third kappa shape index (κ3) is 1.78. The fraction of sp³-hybridized carbons (Fsp3) is 0. The summed E-state index contributed by atoms with van der Waals surface area (Å²) in [5.74, 6) is -0.00945. The second-order valence-electron chi connectivity index (χ2n) is 5.75. The summed E-state index contributed by atoms with van der Waals surface area (Å²) in [5, 5.41) is 3.90. The Kier molecular flexibility index (Phi) is 2.82. The fourth-order valence-electron chi connectivity index (χ4n) is 3.34. The van der Waals surface area contributed by atoms with Crippen LogP contribution in [0.1, 0.15) is 0 Å². The van der Waals surface area contributed by atoms with Gasteiger partial charge in [-0.25, -0.2) is 4.98 Å². The van der Waals surface area contributed by atoms with E-state index >= 15 is 0 Å². The van der Waals surface area contributed by atoms with Crippen molar-refractivity contribution in [3.63, 3.8) is 0 Å². The number of benzene rings is 3. The number of rotatable bonds is 0. The van der Waals surface area contributed by atoms with Gasteiger partial charge in [0.05, 0.1) is 0 Å². The van der Waals surface area contributed by atoms with E-state index in [1.807, 2.05) is 36.4 Å². The lowest BCUT2D eigenvalue weighted by atomic mass is 9.99. The van der Waals surface area contributed by atoms with Gasteiger partial charge in [0, 0.05) is 23.2 Å². The normalized spacial score (nSPS) is 11.0. The average molecular weight is 332 g/mol. The monoisotopic (exact) mass is 332 g/mol. The van der Waals surface area contributed by atoms with Crippen LogP contribution in [0.3, 0.4) is 0 Å². The van der Waals surface area contributed by atoms with Gasteiger partial charge in [0.2, 0.25) is 11.0 Å². The van der Waals surface area contributed by atoms with Crippen LogP contribution >= 0.6 is 0 Å². The lowest BCUT2D eigenvalue weighted by Gasteiger charge is -2.08. The molecular formula is C20H8N6. The van der Waals surface area contributed by atoms with Crippen molar-refractivity contribution in [2.45, 2.75) is 0 Å². The van der Waals surface area contributed by atoms with Crippen LogP contribution in [0.2, 0.25) is 0 Å². The second kappa shape index (κ2) is 5.17. The first-order chi connectivity index (χ1) is 12.8. The lowest BCUT2D eigenvalue weighted by molar-refractivity contribution is 1.29. The van der Waals surface area contributed by atoms with Crippen LogP contribution in [0.5, 0.6) is 0 Å². The summed E-state index contributed by atoms with van der Waals surface area (Å²) < 4.78 is 0. The van der Waals surface area contributed by atoms with E-state index in [-0.39, 0.29) is 11.6 Å². The van der Waals surface area contributed by atoms with Crippen LogP contribution < -0.4 is 0 Å². The summed E-state index contributed by atoms with van der Waals surface area (Å²) in [7, 11) is 0. The summed E-state index contributed by atoms with van der Waals surface area (Å²) in [6.45, 7) is 14.6. The second-order valence-corrected chi connectivity index (χ2v) is 5.75. The standard InChI is InChI=1S/C20H8N6/c1-21-19-20(22-2)26-18-15(25-19)13-8-7-11-5-3-4-6-12(11)14(13)16-17(18)24-10-9-23-16/h3-10H. The summed E-state index contributed by atoms with van der Waals surface area (Å²) in [4.78, 5) is 24.5. The molecule has 0 aliphatic rings. The van der Waals surface area contributed by atoms with Crippen LogP contribution in [0, 0.1) is 13.1 Å². The average Bonchev–Trinajstić information content (AvgIpc) is 2.72. The molecule has 0 amide bonds. The molecule has 0 fully saturated rings. The van der Waals surface area contributed by atoms with Crippen molar-refractivity contribution in [1.82, 2.24) is 19.9 Å². The lowest BCUT2D eigenvalue weighted by Crippen LogP contribution is -1.93. The molecule has 0 bridgehead atoms. The molecule has 3 aromatic carbocycles. The van der Waals surface area contributed by atoms with E-state index in [0.717, 1.165) is 21.5 Å². The van der Waals surface area contributed by atoms with Gasteiger partial charge in [0.15, 0.2) is 0 Å². The molecule has 118 valence electrons. The maximum atomic E-state index is 7.32. The van der Waals surface area contributed by atoms with Gasteiger partial charge in [-0.3, -0.25) is 4.98 Å². The SMILES string of the molecule is [C-]#[N+]c1nc2c3ccc4ccccc4c3c3nccnc3c2nc1[N+]#[C-]. The topological polar surface area (TPSA) is 60.3 Å². The Morgan fingerprint density at radius 2 is 1.35 bits per heavy atom. The minimum atomic E-state index is -0.0143. The van der Waals surface area contributed by atoms with Crippen molar-refractivity contribution in [2.24, 2.45) is 0 Å². The number of aromatic nitrogens is 4. The first-order valence-corrected chi connectivity index (χ1v) is 7.82. The molecule has 0 N–H and O–H groups in total. The maximum absolute atomic E-state index is 7.32. The Balaban J connectivity index is 2.18. The Bertz CT molecular complexity index is 1460. The molecule has 0 unspecified atom stereocenters. The van der Waals surface area contributed by atoms with Gasteiger partial charge in [0.25, 0.3) is 11.6 Å². The third-order valence-electron chi connectivity index (χ3n) is 4.42. The molecule has 0 saturated heterocycles. The van der Waals surface area contributed by atoms with Crippen LogP contribution in [0.4, 0.5) is 11.6 Å². The largest absolute Gasteiger partial charge is 0.370 e. The minimum Gasteiger partial charge on any atom is -0.370 e. The fourth-order valence-corrected chi connectivity index (χ4v) is 3.34. The Morgan fingerprint density at radius 1 is 0.654 bits per heavy atom. The summed E-state index contributed by atoms with van der Waals surface area (Å²) >= 11 is 0. The molecule has 0 radical (unpaired) electrons. The van der Waals surface area contributed by atoms with E-state index in [0.29, 0.717) is 22.1 Å².